The molecule has 0 aromatic heterocycles. The second kappa shape index (κ2) is 9.76. The van der Waals surface area contributed by atoms with Gasteiger partial charge < -0.3 is 10.2 Å². The molecule has 7 nitrogen and oxygen atoms in total. The number of sulfonamides is 1. The van der Waals surface area contributed by atoms with E-state index in [1.165, 1.54) is 35.7 Å². The van der Waals surface area contributed by atoms with Crippen LogP contribution in [-0.4, -0.2) is 50.2 Å². The Morgan fingerprint density at radius 1 is 1.22 bits per heavy atom. The summed E-state index contributed by atoms with van der Waals surface area (Å²) in [5, 5.41) is 2.84. The number of thioether (sulfide) groups is 2. The summed E-state index contributed by atoms with van der Waals surface area (Å²) >= 11 is 2.99. The number of nitrogens with zero attached hydrogens (tertiary/aromatic N) is 1. The molecular weight excluding hydrogens is 466 g/mol. The van der Waals surface area contributed by atoms with Gasteiger partial charge >= 0.3 is 0 Å². The number of hydrogen-bond acceptors (Lipinski definition) is 6. The van der Waals surface area contributed by atoms with Crippen LogP contribution < -0.4 is 10.0 Å². The Labute approximate surface area is 196 Å². The first-order chi connectivity index (χ1) is 15.4. The van der Waals surface area contributed by atoms with E-state index in [0.717, 1.165) is 35.7 Å². The van der Waals surface area contributed by atoms with Gasteiger partial charge in [-0.1, -0.05) is 6.07 Å². The van der Waals surface area contributed by atoms with Crippen LogP contribution in [0.4, 0.5) is 11.4 Å². The van der Waals surface area contributed by atoms with Gasteiger partial charge in [-0.15, -0.1) is 23.5 Å². The first-order valence-corrected chi connectivity index (χ1v) is 14.1. The van der Waals surface area contributed by atoms with Gasteiger partial charge in [0.25, 0.3) is 10.0 Å². The van der Waals surface area contributed by atoms with Gasteiger partial charge in [-0.25, -0.2) is 8.42 Å². The molecule has 2 heterocycles. The SMILES string of the molecule is CSc1cccc(NS(=O)(=O)c2ccc3c(c2)NC(=O)C(CC(=O)N2CCCC2)CS3)c1. The van der Waals surface area contributed by atoms with E-state index in [1.54, 1.807) is 24.3 Å². The molecule has 0 radical (unpaired) electrons. The van der Waals surface area contributed by atoms with Crippen LogP contribution in [0.5, 0.6) is 0 Å². The maximum atomic E-state index is 12.9. The van der Waals surface area contributed by atoms with Gasteiger partial charge in [0, 0.05) is 40.7 Å². The number of amides is 2. The van der Waals surface area contributed by atoms with Crippen molar-refractivity contribution in [1.29, 1.82) is 0 Å². The molecule has 2 aliphatic heterocycles. The molecule has 2 aromatic rings. The predicted octanol–water partition coefficient (Wildman–Crippen LogP) is 3.88. The highest BCUT2D eigenvalue weighted by atomic mass is 32.2. The van der Waals surface area contributed by atoms with Crippen molar-refractivity contribution in [1.82, 2.24) is 4.90 Å². The third-order valence-electron chi connectivity index (χ3n) is 5.53. The molecule has 1 saturated heterocycles. The predicted molar refractivity (Wildman–Crippen MR) is 129 cm³/mol. The summed E-state index contributed by atoms with van der Waals surface area (Å²) in [6, 6.07) is 11.9. The van der Waals surface area contributed by atoms with E-state index in [9.17, 15) is 18.0 Å². The van der Waals surface area contributed by atoms with Gasteiger partial charge in [-0.05, 0) is 55.5 Å². The minimum absolute atomic E-state index is 0.00847. The zero-order chi connectivity index (χ0) is 22.7. The number of hydrogen-bond donors (Lipinski definition) is 2. The highest BCUT2D eigenvalue weighted by molar-refractivity contribution is 7.99. The van der Waals surface area contributed by atoms with E-state index in [0.29, 0.717) is 17.1 Å². The normalized spacial score (nSPS) is 18.6. The lowest BCUT2D eigenvalue weighted by molar-refractivity contribution is -0.133. The molecule has 170 valence electrons. The summed E-state index contributed by atoms with van der Waals surface area (Å²) in [5.74, 6) is -0.217. The van der Waals surface area contributed by atoms with Gasteiger partial charge in [-0.3, -0.25) is 14.3 Å². The maximum Gasteiger partial charge on any atom is 0.261 e. The van der Waals surface area contributed by atoms with Crippen molar-refractivity contribution in [3.8, 4) is 0 Å². The molecule has 4 rings (SSSR count). The fourth-order valence-corrected chi connectivity index (χ4v) is 6.37. The van der Waals surface area contributed by atoms with E-state index in [4.69, 9.17) is 0 Å². The molecule has 0 spiro atoms. The van der Waals surface area contributed by atoms with Crippen molar-refractivity contribution in [3.05, 3.63) is 42.5 Å². The quantitative estimate of drug-likeness (QED) is 0.596. The molecule has 2 amide bonds. The number of benzene rings is 2. The van der Waals surface area contributed by atoms with E-state index in [2.05, 4.69) is 10.0 Å². The highest BCUT2D eigenvalue weighted by Crippen LogP contribution is 2.35. The lowest BCUT2D eigenvalue weighted by Gasteiger charge is -2.18. The molecule has 0 bridgehead atoms. The summed E-state index contributed by atoms with van der Waals surface area (Å²) in [6.45, 7) is 1.52. The average Bonchev–Trinajstić information content (AvgIpc) is 3.27. The van der Waals surface area contributed by atoms with Crippen molar-refractivity contribution < 1.29 is 18.0 Å². The number of likely N-dealkylation sites (tertiary alicyclic amines) is 1. The first kappa shape index (κ1) is 23.0. The molecule has 2 N–H and O–H groups in total. The average molecular weight is 492 g/mol. The zero-order valence-corrected chi connectivity index (χ0v) is 20.1. The molecule has 10 heteroatoms. The Morgan fingerprint density at radius 3 is 2.75 bits per heavy atom. The summed E-state index contributed by atoms with van der Waals surface area (Å²) in [6.07, 6.45) is 4.11. The van der Waals surface area contributed by atoms with Crippen molar-refractivity contribution in [2.75, 3.05) is 35.1 Å². The van der Waals surface area contributed by atoms with Crippen LogP contribution in [0.3, 0.4) is 0 Å². The van der Waals surface area contributed by atoms with Crippen molar-refractivity contribution in [2.45, 2.75) is 33.9 Å². The van der Waals surface area contributed by atoms with Gasteiger partial charge in [0.15, 0.2) is 0 Å². The van der Waals surface area contributed by atoms with Gasteiger partial charge in [-0.2, -0.15) is 0 Å². The number of anilines is 2. The standard InChI is InChI=1S/C22H25N3O4S3/c1-30-17-6-4-5-16(12-17)24-32(28,29)18-7-8-20-19(13-18)23-22(27)15(14-31-20)11-21(26)25-9-2-3-10-25/h4-8,12-13,15,24H,2-3,9-11,14H2,1H3,(H,23,27). The minimum atomic E-state index is -3.83. The molecule has 1 fully saturated rings. The van der Waals surface area contributed by atoms with Crippen LogP contribution in [-0.2, 0) is 19.6 Å². The molecule has 0 aliphatic carbocycles. The summed E-state index contributed by atoms with van der Waals surface area (Å²) in [5.41, 5.74) is 0.933. The van der Waals surface area contributed by atoms with Crippen LogP contribution in [0.1, 0.15) is 19.3 Å². The second-order valence-corrected chi connectivity index (χ2v) is 11.4. The first-order valence-electron chi connectivity index (χ1n) is 10.4. The van der Waals surface area contributed by atoms with E-state index in [1.807, 2.05) is 17.2 Å². The zero-order valence-electron chi connectivity index (χ0n) is 17.7. The number of carbonyl (C=O) groups excluding carboxylic acids is 2. The largest absolute Gasteiger partial charge is 0.343 e. The number of carbonyl (C=O) groups is 2. The second-order valence-electron chi connectivity index (χ2n) is 7.78. The van der Waals surface area contributed by atoms with E-state index in [-0.39, 0.29) is 23.1 Å². The Bertz CT molecular complexity index is 1130. The summed E-state index contributed by atoms with van der Waals surface area (Å²) in [4.78, 5) is 28.9. The summed E-state index contributed by atoms with van der Waals surface area (Å²) < 4.78 is 28.4. The van der Waals surface area contributed by atoms with Crippen molar-refractivity contribution in [3.63, 3.8) is 0 Å². The maximum absolute atomic E-state index is 12.9. The molecule has 32 heavy (non-hydrogen) atoms. The fourth-order valence-electron chi connectivity index (χ4n) is 3.76. The summed E-state index contributed by atoms with van der Waals surface area (Å²) in [7, 11) is -3.83. The van der Waals surface area contributed by atoms with Gasteiger partial charge in [0.2, 0.25) is 11.8 Å². The molecule has 1 atom stereocenters. The number of nitrogens with one attached hydrogen (secondary N) is 2. The molecular formula is C22H25N3O4S3. The monoisotopic (exact) mass is 491 g/mol. The fraction of sp³-hybridized carbons (Fsp3) is 0.364. The van der Waals surface area contributed by atoms with Gasteiger partial charge in [0.05, 0.1) is 16.5 Å². The van der Waals surface area contributed by atoms with Crippen LogP contribution >= 0.6 is 23.5 Å². The van der Waals surface area contributed by atoms with Gasteiger partial charge in [0.1, 0.15) is 0 Å². The number of fused-ring (bicyclic) bond motifs is 1. The molecule has 2 aromatic carbocycles. The Kier molecular flexibility index (Phi) is 7.02. The van der Waals surface area contributed by atoms with Crippen LogP contribution in [0.25, 0.3) is 0 Å². The van der Waals surface area contributed by atoms with Crippen LogP contribution in [0, 0.1) is 5.92 Å². The Hall–Kier alpha value is -2.17. The highest BCUT2D eigenvalue weighted by Gasteiger charge is 2.30. The lowest BCUT2D eigenvalue weighted by atomic mass is 10.1. The molecule has 0 saturated carbocycles. The molecule has 1 unspecified atom stereocenters. The van der Waals surface area contributed by atoms with Crippen LogP contribution in [0.2, 0.25) is 0 Å². The molecule has 2 aliphatic rings. The Morgan fingerprint density at radius 2 is 2.00 bits per heavy atom. The van der Waals surface area contributed by atoms with Crippen molar-refractivity contribution >= 4 is 56.7 Å². The lowest BCUT2D eigenvalue weighted by Crippen LogP contribution is -2.33. The number of rotatable bonds is 6. The smallest absolute Gasteiger partial charge is 0.261 e. The Balaban J connectivity index is 1.49. The van der Waals surface area contributed by atoms with E-state index < -0.39 is 15.9 Å². The van der Waals surface area contributed by atoms with E-state index >= 15 is 0 Å². The minimum Gasteiger partial charge on any atom is -0.343 e. The third-order valence-corrected chi connectivity index (χ3v) is 8.87. The third kappa shape index (κ3) is 5.24. The topological polar surface area (TPSA) is 95.6 Å². The van der Waals surface area contributed by atoms with Crippen molar-refractivity contribution in [2.24, 2.45) is 5.92 Å². The van der Waals surface area contributed by atoms with Crippen LogP contribution in [0.15, 0.2) is 57.2 Å².